The zero-order chi connectivity index (χ0) is 8.10. The van der Waals surface area contributed by atoms with Gasteiger partial charge in [-0.15, -0.1) is 12.4 Å². The second-order valence-corrected chi connectivity index (χ2v) is 3.59. The third kappa shape index (κ3) is 4.29. The maximum absolute atomic E-state index is 5.81. The molecule has 0 unspecified atom stereocenters. The van der Waals surface area contributed by atoms with Gasteiger partial charge in [0.2, 0.25) is 0 Å². The van der Waals surface area contributed by atoms with Crippen LogP contribution in [0.4, 0.5) is 0 Å². The van der Waals surface area contributed by atoms with E-state index in [2.05, 4.69) is 12.2 Å². The van der Waals surface area contributed by atoms with Gasteiger partial charge in [-0.05, 0) is 44.7 Å². The van der Waals surface area contributed by atoms with Crippen molar-refractivity contribution in [2.75, 3.05) is 13.1 Å². The Morgan fingerprint density at radius 2 is 1.83 bits per heavy atom. The first kappa shape index (κ1) is 12.2. The van der Waals surface area contributed by atoms with Crippen LogP contribution in [-0.4, -0.2) is 19.1 Å². The van der Waals surface area contributed by atoms with Crippen molar-refractivity contribution in [3.63, 3.8) is 0 Å². The Morgan fingerprint density at radius 3 is 2.33 bits per heavy atom. The minimum atomic E-state index is 0. The van der Waals surface area contributed by atoms with E-state index in [9.17, 15) is 0 Å². The van der Waals surface area contributed by atoms with Crippen molar-refractivity contribution in [2.24, 2.45) is 11.7 Å². The molecule has 0 spiro atoms. The molecule has 0 aromatic carbocycles. The average Bonchev–Trinajstić information content (AvgIpc) is 2.04. The molecule has 1 saturated carbocycles. The molecule has 3 N–H and O–H groups in total. The first-order chi connectivity index (χ1) is 5.33. The maximum Gasteiger partial charge on any atom is 0.00390 e. The lowest BCUT2D eigenvalue weighted by atomic mass is 9.86. The number of halogens is 1. The lowest BCUT2D eigenvalue weighted by molar-refractivity contribution is 0.316. The van der Waals surface area contributed by atoms with Crippen LogP contribution < -0.4 is 11.1 Å². The van der Waals surface area contributed by atoms with E-state index in [1.807, 2.05) is 0 Å². The van der Waals surface area contributed by atoms with Crippen LogP contribution in [0.15, 0.2) is 0 Å². The summed E-state index contributed by atoms with van der Waals surface area (Å²) >= 11 is 0. The van der Waals surface area contributed by atoms with Crippen molar-refractivity contribution in [3.8, 4) is 0 Å². The number of hydrogen-bond acceptors (Lipinski definition) is 2. The molecule has 0 amide bonds. The summed E-state index contributed by atoms with van der Waals surface area (Å²) in [5, 5.41) is 3.39. The van der Waals surface area contributed by atoms with Gasteiger partial charge in [0.05, 0.1) is 0 Å². The largest absolute Gasteiger partial charge is 0.328 e. The van der Waals surface area contributed by atoms with Crippen molar-refractivity contribution < 1.29 is 0 Å². The van der Waals surface area contributed by atoms with E-state index in [0.29, 0.717) is 6.04 Å². The molecule has 0 saturated heterocycles. The SMILES string of the molecule is CCNCC1CCC(N)CC1.Cl. The Labute approximate surface area is 81.7 Å². The van der Waals surface area contributed by atoms with E-state index in [4.69, 9.17) is 5.73 Å². The molecule has 0 atom stereocenters. The zero-order valence-corrected chi connectivity index (χ0v) is 8.70. The minimum absolute atomic E-state index is 0. The van der Waals surface area contributed by atoms with E-state index in [0.717, 1.165) is 12.5 Å². The molecule has 12 heavy (non-hydrogen) atoms. The fraction of sp³-hybridized carbons (Fsp3) is 1.00. The summed E-state index contributed by atoms with van der Waals surface area (Å²) < 4.78 is 0. The van der Waals surface area contributed by atoms with Crippen LogP contribution in [0.25, 0.3) is 0 Å². The predicted octanol–water partition coefficient (Wildman–Crippen LogP) is 1.54. The normalized spacial score (nSPS) is 29.5. The van der Waals surface area contributed by atoms with E-state index in [1.165, 1.54) is 32.2 Å². The third-order valence-corrected chi connectivity index (χ3v) is 2.57. The van der Waals surface area contributed by atoms with E-state index in [-0.39, 0.29) is 12.4 Å². The van der Waals surface area contributed by atoms with Gasteiger partial charge in [-0.25, -0.2) is 0 Å². The molecular weight excluding hydrogens is 172 g/mol. The van der Waals surface area contributed by atoms with Crippen LogP contribution in [0, 0.1) is 5.92 Å². The summed E-state index contributed by atoms with van der Waals surface area (Å²) in [4.78, 5) is 0. The van der Waals surface area contributed by atoms with E-state index in [1.54, 1.807) is 0 Å². The molecule has 1 rings (SSSR count). The molecule has 1 aliphatic carbocycles. The second kappa shape index (κ2) is 6.70. The summed E-state index contributed by atoms with van der Waals surface area (Å²) in [7, 11) is 0. The standard InChI is InChI=1S/C9H20N2.ClH/c1-2-11-7-8-3-5-9(10)6-4-8;/h8-9,11H,2-7,10H2,1H3;1H. The van der Waals surface area contributed by atoms with Gasteiger partial charge < -0.3 is 11.1 Å². The molecule has 3 heteroatoms. The summed E-state index contributed by atoms with van der Waals surface area (Å²) in [5.41, 5.74) is 5.81. The van der Waals surface area contributed by atoms with Gasteiger partial charge >= 0.3 is 0 Å². The first-order valence-electron chi connectivity index (χ1n) is 4.79. The fourth-order valence-corrected chi connectivity index (χ4v) is 1.74. The third-order valence-electron chi connectivity index (χ3n) is 2.57. The van der Waals surface area contributed by atoms with Crippen molar-refractivity contribution in [1.29, 1.82) is 0 Å². The van der Waals surface area contributed by atoms with Crippen molar-refractivity contribution in [1.82, 2.24) is 5.32 Å². The fourth-order valence-electron chi connectivity index (χ4n) is 1.74. The number of nitrogens with one attached hydrogen (secondary N) is 1. The van der Waals surface area contributed by atoms with E-state index >= 15 is 0 Å². The van der Waals surface area contributed by atoms with Crippen LogP contribution in [0.5, 0.6) is 0 Å². The monoisotopic (exact) mass is 192 g/mol. The van der Waals surface area contributed by atoms with Gasteiger partial charge in [0.1, 0.15) is 0 Å². The smallest absolute Gasteiger partial charge is 0.00390 e. The van der Waals surface area contributed by atoms with Gasteiger partial charge in [0.15, 0.2) is 0 Å². The highest BCUT2D eigenvalue weighted by atomic mass is 35.5. The highest BCUT2D eigenvalue weighted by Crippen LogP contribution is 2.22. The van der Waals surface area contributed by atoms with Crippen LogP contribution in [0.1, 0.15) is 32.6 Å². The van der Waals surface area contributed by atoms with Gasteiger partial charge in [-0.2, -0.15) is 0 Å². The molecule has 0 heterocycles. The number of rotatable bonds is 3. The highest BCUT2D eigenvalue weighted by Gasteiger charge is 2.17. The zero-order valence-electron chi connectivity index (χ0n) is 7.88. The average molecular weight is 193 g/mol. The molecule has 1 fully saturated rings. The summed E-state index contributed by atoms with van der Waals surface area (Å²) in [6, 6.07) is 0.493. The Hall–Kier alpha value is 0.210. The summed E-state index contributed by atoms with van der Waals surface area (Å²) in [5.74, 6) is 0.898. The quantitative estimate of drug-likeness (QED) is 0.712. The molecule has 0 aromatic rings. The molecule has 0 aliphatic heterocycles. The van der Waals surface area contributed by atoms with Gasteiger partial charge in [0, 0.05) is 6.04 Å². The summed E-state index contributed by atoms with van der Waals surface area (Å²) in [6.07, 6.45) is 5.12. The van der Waals surface area contributed by atoms with Crippen LogP contribution in [-0.2, 0) is 0 Å². The van der Waals surface area contributed by atoms with Crippen LogP contribution >= 0.6 is 12.4 Å². The molecule has 0 radical (unpaired) electrons. The Morgan fingerprint density at radius 1 is 1.25 bits per heavy atom. The number of hydrogen-bond donors (Lipinski definition) is 2. The van der Waals surface area contributed by atoms with Crippen molar-refractivity contribution >= 4 is 12.4 Å². The highest BCUT2D eigenvalue weighted by molar-refractivity contribution is 5.85. The molecule has 0 bridgehead atoms. The lowest BCUT2D eigenvalue weighted by Gasteiger charge is -2.25. The lowest BCUT2D eigenvalue weighted by Crippen LogP contribution is -2.31. The predicted molar refractivity (Wildman–Crippen MR) is 55.7 cm³/mol. The van der Waals surface area contributed by atoms with Crippen LogP contribution in [0.3, 0.4) is 0 Å². The van der Waals surface area contributed by atoms with Crippen molar-refractivity contribution in [2.45, 2.75) is 38.6 Å². The molecular formula is C9H21ClN2. The summed E-state index contributed by atoms with van der Waals surface area (Å²) in [6.45, 7) is 4.46. The minimum Gasteiger partial charge on any atom is -0.328 e. The van der Waals surface area contributed by atoms with Gasteiger partial charge in [0.25, 0.3) is 0 Å². The maximum atomic E-state index is 5.81. The van der Waals surface area contributed by atoms with E-state index < -0.39 is 0 Å². The topological polar surface area (TPSA) is 38.0 Å². The second-order valence-electron chi connectivity index (χ2n) is 3.59. The van der Waals surface area contributed by atoms with Gasteiger partial charge in [-0.1, -0.05) is 6.92 Å². The molecule has 74 valence electrons. The van der Waals surface area contributed by atoms with Crippen molar-refractivity contribution in [3.05, 3.63) is 0 Å². The molecule has 1 aliphatic rings. The first-order valence-corrected chi connectivity index (χ1v) is 4.79. The molecule has 2 nitrogen and oxygen atoms in total. The Bertz CT molecular complexity index is 97.9. The Balaban J connectivity index is 0.00000121. The van der Waals surface area contributed by atoms with Crippen LogP contribution in [0.2, 0.25) is 0 Å². The van der Waals surface area contributed by atoms with Gasteiger partial charge in [-0.3, -0.25) is 0 Å². The molecule has 0 aromatic heterocycles. The Kier molecular flexibility index (Phi) is 6.81. The number of nitrogens with two attached hydrogens (primary N) is 1.